The van der Waals surface area contributed by atoms with Crippen LogP contribution >= 0.6 is 0 Å². The van der Waals surface area contributed by atoms with Gasteiger partial charge in [0.25, 0.3) is 5.91 Å². The second-order valence-electron chi connectivity index (χ2n) is 5.50. The molecule has 0 fully saturated rings. The predicted molar refractivity (Wildman–Crippen MR) is 91.4 cm³/mol. The highest BCUT2D eigenvalue weighted by Gasteiger charge is 2.17. The summed E-state index contributed by atoms with van der Waals surface area (Å²) < 4.78 is 0. The van der Waals surface area contributed by atoms with Gasteiger partial charge in [0, 0.05) is 35.8 Å². The molecule has 0 spiro atoms. The Bertz CT molecular complexity index is 780. The second kappa shape index (κ2) is 7.11. The van der Waals surface area contributed by atoms with E-state index in [1.54, 1.807) is 4.90 Å². The summed E-state index contributed by atoms with van der Waals surface area (Å²) in [6, 6.07) is 17.6. The van der Waals surface area contributed by atoms with Crippen molar-refractivity contribution in [3.05, 3.63) is 71.9 Å². The number of H-pyrrole nitrogens is 1. The minimum atomic E-state index is -0.0415. The van der Waals surface area contributed by atoms with Crippen molar-refractivity contribution in [3.63, 3.8) is 0 Å². The number of hydrogen-bond donors (Lipinski definition) is 2. The highest BCUT2D eigenvalue weighted by molar-refractivity contribution is 6.06. The Morgan fingerprint density at radius 1 is 1.00 bits per heavy atom. The number of rotatable bonds is 6. The summed E-state index contributed by atoms with van der Waals surface area (Å²) in [5.41, 5.74) is 2.80. The van der Waals surface area contributed by atoms with E-state index in [-0.39, 0.29) is 12.5 Å². The zero-order valence-electron chi connectivity index (χ0n) is 12.9. The van der Waals surface area contributed by atoms with Crippen molar-refractivity contribution >= 4 is 16.8 Å². The van der Waals surface area contributed by atoms with Gasteiger partial charge in [0.2, 0.25) is 0 Å². The lowest BCUT2D eigenvalue weighted by atomic mass is 10.1. The lowest BCUT2D eigenvalue weighted by molar-refractivity contribution is 0.0726. The Hall–Kier alpha value is -2.59. The largest absolute Gasteiger partial charge is 0.395 e. The predicted octanol–water partition coefficient (Wildman–Crippen LogP) is 2.85. The van der Waals surface area contributed by atoms with Crippen LogP contribution in [0.25, 0.3) is 10.9 Å². The number of benzene rings is 2. The molecule has 0 bridgehead atoms. The standard InChI is InChI=1S/C19H20N2O2/c22-14-13-21(12-10-15-5-2-1-3-6-15)19(23)17-7-4-8-18-16(17)9-11-20-18/h1-9,11,20,22H,10,12-14H2. The average molecular weight is 308 g/mol. The van der Waals surface area contributed by atoms with Gasteiger partial charge in [-0.1, -0.05) is 36.4 Å². The van der Waals surface area contributed by atoms with Gasteiger partial charge in [-0.15, -0.1) is 0 Å². The Kier molecular flexibility index (Phi) is 4.74. The SMILES string of the molecule is O=C(c1cccc2[nH]ccc12)N(CCO)CCc1ccccc1. The van der Waals surface area contributed by atoms with Crippen molar-refractivity contribution in [1.82, 2.24) is 9.88 Å². The van der Waals surface area contributed by atoms with Crippen molar-refractivity contribution in [3.8, 4) is 0 Å². The summed E-state index contributed by atoms with van der Waals surface area (Å²) in [7, 11) is 0. The number of nitrogens with zero attached hydrogens (tertiary/aromatic N) is 1. The first-order valence-corrected chi connectivity index (χ1v) is 7.80. The van der Waals surface area contributed by atoms with Crippen molar-refractivity contribution in [2.24, 2.45) is 0 Å². The third-order valence-electron chi connectivity index (χ3n) is 4.00. The van der Waals surface area contributed by atoms with E-state index in [2.05, 4.69) is 17.1 Å². The van der Waals surface area contributed by atoms with Crippen LogP contribution in [0.3, 0.4) is 0 Å². The molecule has 1 aromatic heterocycles. The third-order valence-corrected chi connectivity index (χ3v) is 4.00. The smallest absolute Gasteiger partial charge is 0.254 e. The fourth-order valence-corrected chi connectivity index (χ4v) is 2.79. The molecule has 2 N–H and O–H groups in total. The van der Waals surface area contributed by atoms with Crippen LogP contribution in [-0.4, -0.2) is 40.6 Å². The van der Waals surface area contributed by atoms with E-state index in [4.69, 9.17) is 0 Å². The number of aromatic amines is 1. The molecule has 0 aliphatic rings. The minimum Gasteiger partial charge on any atom is -0.395 e. The third kappa shape index (κ3) is 3.43. The van der Waals surface area contributed by atoms with Gasteiger partial charge in [0.15, 0.2) is 0 Å². The van der Waals surface area contributed by atoms with Gasteiger partial charge in [-0.25, -0.2) is 0 Å². The molecule has 4 heteroatoms. The zero-order chi connectivity index (χ0) is 16.1. The van der Waals surface area contributed by atoms with Crippen LogP contribution in [0.5, 0.6) is 0 Å². The molecule has 0 radical (unpaired) electrons. The van der Waals surface area contributed by atoms with Crippen LogP contribution in [-0.2, 0) is 6.42 Å². The molecule has 0 saturated heterocycles. The molecule has 1 heterocycles. The van der Waals surface area contributed by atoms with Crippen LogP contribution in [0.15, 0.2) is 60.8 Å². The summed E-state index contributed by atoms with van der Waals surface area (Å²) >= 11 is 0. The average Bonchev–Trinajstić information content (AvgIpc) is 3.07. The molecule has 0 atom stereocenters. The van der Waals surface area contributed by atoms with E-state index < -0.39 is 0 Å². The number of aliphatic hydroxyl groups is 1. The second-order valence-corrected chi connectivity index (χ2v) is 5.50. The van der Waals surface area contributed by atoms with Crippen LogP contribution in [0.4, 0.5) is 0 Å². The Morgan fingerprint density at radius 2 is 1.83 bits per heavy atom. The van der Waals surface area contributed by atoms with E-state index in [9.17, 15) is 9.90 Å². The molecular formula is C19H20N2O2. The molecule has 23 heavy (non-hydrogen) atoms. The van der Waals surface area contributed by atoms with Gasteiger partial charge < -0.3 is 15.0 Å². The number of carbonyl (C=O) groups is 1. The molecule has 118 valence electrons. The fourth-order valence-electron chi connectivity index (χ4n) is 2.79. The number of hydrogen-bond acceptors (Lipinski definition) is 2. The molecule has 2 aromatic carbocycles. The normalized spacial score (nSPS) is 10.8. The van der Waals surface area contributed by atoms with Crippen molar-refractivity contribution < 1.29 is 9.90 Å². The van der Waals surface area contributed by atoms with Crippen LogP contribution in [0.2, 0.25) is 0 Å². The highest BCUT2D eigenvalue weighted by atomic mass is 16.3. The topological polar surface area (TPSA) is 56.3 Å². The lowest BCUT2D eigenvalue weighted by Gasteiger charge is -2.22. The van der Waals surface area contributed by atoms with Gasteiger partial charge in [-0.3, -0.25) is 4.79 Å². The first-order valence-electron chi connectivity index (χ1n) is 7.80. The molecule has 3 rings (SSSR count). The summed E-state index contributed by atoms with van der Waals surface area (Å²) in [6.07, 6.45) is 2.61. The van der Waals surface area contributed by atoms with E-state index in [0.717, 1.165) is 17.3 Å². The maximum atomic E-state index is 12.9. The Balaban J connectivity index is 1.80. The molecule has 3 aromatic rings. The molecule has 0 aliphatic heterocycles. The van der Waals surface area contributed by atoms with E-state index in [0.29, 0.717) is 18.7 Å². The summed E-state index contributed by atoms with van der Waals surface area (Å²) in [5.74, 6) is -0.0415. The van der Waals surface area contributed by atoms with Gasteiger partial charge >= 0.3 is 0 Å². The number of aromatic nitrogens is 1. The van der Waals surface area contributed by atoms with Crippen molar-refractivity contribution in [2.75, 3.05) is 19.7 Å². The number of fused-ring (bicyclic) bond motifs is 1. The van der Waals surface area contributed by atoms with Crippen molar-refractivity contribution in [2.45, 2.75) is 6.42 Å². The molecule has 0 unspecified atom stereocenters. The summed E-state index contributed by atoms with van der Waals surface area (Å²) in [6.45, 7) is 0.889. The van der Waals surface area contributed by atoms with Crippen LogP contribution < -0.4 is 0 Å². The first-order chi connectivity index (χ1) is 11.3. The molecule has 0 aliphatic carbocycles. The fraction of sp³-hybridized carbons (Fsp3) is 0.211. The van der Waals surface area contributed by atoms with E-state index >= 15 is 0 Å². The minimum absolute atomic E-state index is 0.0381. The number of nitrogens with one attached hydrogen (secondary N) is 1. The van der Waals surface area contributed by atoms with Gasteiger partial charge in [-0.2, -0.15) is 0 Å². The number of amides is 1. The maximum absolute atomic E-state index is 12.9. The number of aliphatic hydroxyl groups excluding tert-OH is 1. The maximum Gasteiger partial charge on any atom is 0.254 e. The molecule has 1 amide bonds. The van der Waals surface area contributed by atoms with Crippen LogP contribution in [0, 0.1) is 0 Å². The van der Waals surface area contributed by atoms with Crippen LogP contribution in [0.1, 0.15) is 15.9 Å². The summed E-state index contributed by atoms with van der Waals surface area (Å²) in [5, 5.41) is 10.2. The molecular weight excluding hydrogens is 288 g/mol. The zero-order valence-corrected chi connectivity index (χ0v) is 12.9. The van der Waals surface area contributed by atoms with E-state index in [1.807, 2.05) is 48.7 Å². The lowest BCUT2D eigenvalue weighted by Crippen LogP contribution is -2.35. The molecule has 0 saturated carbocycles. The quantitative estimate of drug-likeness (QED) is 0.735. The molecule has 4 nitrogen and oxygen atoms in total. The first kappa shape index (κ1) is 15.3. The monoisotopic (exact) mass is 308 g/mol. The van der Waals surface area contributed by atoms with Gasteiger partial charge in [0.1, 0.15) is 0 Å². The van der Waals surface area contributed by atoms with Gasteiger partial charge in [-0.05, 0) is 30.2 Å². The van der Waals surface area contributed by atoms with Crippen molar-refractivity contribution in [1.29, 1.82) is 0 Å². The Labute approximate surface area is 135 Å². The number of carbonyl (C=O) groups excluding carboxylic acids is 1. The van der Waals surface area contributed by atoms with Gasteiger partial charge in [0.05, 0.1) is 6.61 Å². The summed E-state index contributed by atoms with van der Waals surface area (Å²) in [4.78, 5) is 17.7. The highest BCUT2D eigenvalue weighted by Crippen LogP contribution is 2.19. The Morgan fingerprint density at radius 3 is 2.61 bits per heavy atom. The van der Waals surface area contributed by atoms with E-state index in [1.165, 1.54) is 5.56 Å².